The van der Waals surface area contributed by atoms with Gasteiger partial charge < -0.3 is 28.8 Å². The van der Waals surface area contributed by atoms with Gasteiger partial charge in [0.25, 0.3) is 11.7 Å². The van der Waals surface area contributed by atoms with Gasteiger partial charge in [0.15, 0.2) is 11.5 Å². The van der Waals surface area contributed by atoms with Gasteiger partial charge in [-0.05, 0) is 63.3 Å². The fraction of sp³-hybridized carbons (Fsp3) is 0.440. The number of benzene rings is 1. The minimum Gasteiger partial charge on any atom is -0.507 e. The second-order valence-corrected chi connectivity index (χ2v) is 8.18. The molecule has 2 aromatic rings. The standard InChI is InChI=1S/C25H30N2O6/c1-4-26(5-2)11-6-12-27-22(19-9-7-16(3)33-19)21(24(29)25(27)30)23(28)17-8-10-18-20(15-17)32-14-13-31-18/h7-10,15,22,28H,4-6,11-14H2,1-3H3/b23-21-. The molecule has 176 valence electrons. The number of rotatable bonds is 8. The first-order chi connectivity index (χ1) is 15.9. The van der Waals surface area contributed by atoms with Crippen molar-refractivity contribution in [2.75, 3.05) is 39.4 Å². The summed E-state index contributed by atoms with van der Waals surface area (Å²) in [6.07, 6.45) is 0.703. The van der Waals surface area contributed by atoms with Crippen LogP contribution >= 0.6 is 0 Å². The topological polar surface area (TPSA) is 92.5 Å². The largest absolute Gasteiger partial charge is 0.507 e. The van der Waals surface area contributed by atoms with E-state index in [1.807, 2.05) is 0 Å². The van der Waals surface area contributed by atoms with Gasteiger partial charge in [-0.15, -0.1) is 0 Å². The molecular weight excluding hydrogens is 424 g/mol. The van der Waals surface area contributed by atoms with Crippen LogP contribution < -0.4 is 9.47 Å². The van der Waals surface area contributed by atoms with Crippen molar-refractivity contribution < 1.29 is 28.6 Å². The van der Waals surface area contributed by atoms with E-state index in [2.05, 4.69) is 18.7 Å². The molecule has 0 saturated carbocycles. The Labute approximate surface area is 193 Å². The normalized spacial score (nSPS) is 19.5. The highest BCUT2D eigenvalue weighted by Crippen LogP contribution is 2.41. The maximum atomic E-state index is 13.1. The summed E-state index contributed by atoms with van der Waals surface area (Å²) in [5.74, 6) is 0.580. The van der Waals surface area contributed by atoms with E-state index >= 15 is 0 Å². The Balaban J connectivity index is 1.71. The number of carbonyl (C=O) groups is 2. The number of carbonyl (C=O) groups excluding carboxylic acids is 2. The van der Waals surface area contributed by atoms with Crippen LogP contribution in [0.5, 0.6) is 11.5 Å². The number of furan rings is 1. The Hall–Kier alpha value is -3.26. The summed E-state index contributed by atoms with van der Waals surface area (Å²) in [5, 5.41) is 11.2. The molecule has 1 amide bonds. The number of aliphatic hydroxyl groups is 1. The van der Waals surface area contributed by atoms with E-state index in [1.165, 1.54) is 4.90 Å². The molecule has 0 spiro atoms. The van der Waals surface area contributed by atoms with Gasteiger partial charge in [-0.3, -0.25) is 9.59 Å². The number of aliphatic hydroxyl groups excluding tert-OH is 1. The van der Waals surface area contributed by atoms with Crippen molar-refractivity contribution in [3.05, 3.63) is 53.0 Å². The van der Waals surface area contributed by atoms with Gasteiger partial charge >= 0.3 is 0 Å². The molecule has 33 heavy (non-hydrogen) atoms. The molecular formula is C25H30N2O6. The van der Waals surface area contributed by atoms with Crippen LogP contribution in [0.3, 0.4) is 0 Å². The van der Waals surface area contributed by atoms with Crippen molar-refractivity contribution in [3.8, 4) is 11.5 Å². The van der Waals surface area contributed by atoms with Crippen LogP contribution in [0.15, 0.2) is 40.3 Å². The van der Waals surface area contributed by atoms with Crippen LogP contribution in [0.4, 0.5) is 0 Å². The second-order valence-electron chi connectivity index (χ2n) is 8.18. The van der Waals surface area contributed by atoms with E-state index < -0.39 is 17.7 Å². The Morgan fingerprint density at radius 1 is 1.09 bits per heavy atom. The van der Waals surface area contributed by atoms with E-state index in [0.29, 0.717) is 54.8 Å². The molecule has 8 heteroatoms. The number of fused-ring (bicyclic) bond motifs is 1. The predicted octanol–water partition coefficient (Wildman–Crippen LogP) is 3.51. The van der Waals surface area contributed by atoms with Crippen molar-refractivity contribution in [1.82, 2.24) is 9.80 Å². The molecule has 1 saturated heterocycles. The van der Waals surface area contributed by atoms with Gasteiger partial charge in [0, 0.05) is 12.1 Å². The Morgan fingerprint density at radius 3 is 2.48 bits per heavy atom. The lowest BCUT2D eigenvalue weighted by Gasteiger charge is -2.25. The zero-order chi connectivity index (χ0) is 23.5. The van der Waals surface area contributed by atoms with Gasteiger partial charge in [-0.2, -0.15) is 0 Å². The molecule has 1 N–H and O–H groups in total. The highest BCUT2D eigenvalue weighted by molar-refractivity contribution is 6.46. The van der Waals surface area contributed by atoms with E-state index in [9.17, 15) is 14.7 Å². The molecule has 0 aliphatic carbocycles. The maximum absolute atomic E-state index is 13.1. The monoisotopic (exact) mass is 454 g/mol. The minimum atomic E-state index is -0.788. The number of amides is 1. The number of Topliss-reactive ketones (excluding diaryl/α,β-unsaturated/α-hetero) is 1. The first-order valence-corrected chi connectivity index (χ1v) is 11.4. The number of aryl methyl sites for hydroxylation is 1. The zero-order valence-corrected chi connectivity index (χ0v) is 19.3. The number of ether oxygens (including phenoxy) is 2. The second kappa shape index (κ2) is 9.70. The average Bonchev–Trinajstić information content (AvgIpc) is 3.37. The molecule has 0 bridgehead atoms. The first-order valence-electron chi connectivity index (χ1n) is 11.4. The first kappa shape index (κ1) is 22.9. The van der Waals surface area contributed by atoms with E-state index in [0.717, 1.165) is 19.6 Å². The average molecular weight is 455 g/mol. The predicted molar refractivity (Wildman–Crippen MR) is 122 cm³/mol. The van der Waals surface area contributed by atoms with Gasteiger partial charge in [-0.1, -0.05) is 13.8 Å². The van der Waals surface area contributed by atoms with Crippen molar-refractivity contribution in [2.24, 2.45) is 0 Å². The SMILES string of the molecule is CCN(CC)CCCN1C(=O)C(=O)/C(=C(\O)c2ccc3c(c2)OCCO3)C1c1ccc(C)o1. The molecule has 1 atom stereocenters. The van der Waals surface area contributed by atoms with Crippen molar-refractivity contribution in [1.29, 1.82) is 0 Å². The molecule has 8 nitrogen and oxygen atoms in total. The summed E-state index contributed by atoms with van der Waals surface area (Å²) in [4.78, 5) is 29.9. The van der Waals surface area contributed by atoms with Gasteiger partial charge in [0.1, 0.15) is 36.5 Å². The Kier molecular flexibility index (Phi) is 6.74. The van der Waals surface area contributed by atoms with Crippen LogP contribution in [-0.4, -0.2) is 66.0 Å². The molecule has 1 aromatic carbocycles. The minimum absolute atomic E-state index is 0.0221. The highest BCUT2D eigenvalue weighted by Gasteiger charge is 2.47. The third-order valence-corrected chi connectivity index (χ3v) is 6.15. The molecule has 3 heterocycles. The lowest BCUT2D eigenvalue weighted by Crippen LogP contribution is -2.33. The van der Waals surface area contributed by atoms with Crippen molar-refractivity contribution in [3.63, 3.8) is 0 Å². The van der Waals surface area contributed by atoms with Crippen LogP contribution in [0.2, 0.25) is 0 Å². The number of hydrogen-bond donors (Lipinski definition) is 1. The van der Waals surface area contributed by atoms with E-state index in [1.54, 1.807) is 37.3 Å². The van der Waals surface area contributed by atoms with Gasteiger partial charge in [-0.25, -0.2) is 0 Å². The zero-order valence-electron chi connectivity index (χ0n) is 19.3. The van der Waals surface area contributed by atoms with E-state index in [-0.39, 0.29) is 11.3 Å². The lowest BCUT2D eigenvalue weighted by atomic mass is 9.99. The molecule has 4 rings (SSSR count). The summed E-state index contributed by atoms with van der Waals surface area (Å²) in [6.45, 7) is 9.86. The van der Waals surface area contributed by atoms with Gasteiger partial charge in [0.2, 0.25) is 0 Å². The molecule has 2 aliphatic heterocycles. The molecule has 0 radical (unpaired) electrons. The van der Waals surface area contributed by atoms with Crippen LogP contribution in [0, 0.1) is 6.92 Å². The maximum Gasteiger partial charge on any atom is 0.295 e. The third kappa shape index (κ3) is 4.48. The molecule has 1 aromatic heterocycles. The Bertz CT molecular complexity index is 1070. The van der Waals surface area contributed by atoms with Gasteiger partial charge in [0.05, 0.1) is 5.57 Å². The summed E-state index contributed by atoms with van der Waals surface area (Å²) < 4.78 is 17.0. The molecule has 1 fully saturated rings. The van der Waals surface area contributed by atoms with E-state index in [4.69, 9.17) is 13.9 Å². The molecule has 2 aliphatic rings. The highest BCUT2D eigenvalue weighted by atomic mass is 16.6. The smallest absolute Gasteiger partial charge is 0.295 e. The third-order valence-electron chi connectivity index (χ3n) is 6.15. The summed E-state index contributed by atoms with van der Waals surface area (Å²) >= 11 is 0. The number of ketones is 1. The van der Waals surface area contributed by atoms with Crippen LogP contribution in [-0.2, 0) is 9.59 Å². The number of likely N-dealkylation sites (tertiary alicyclic amines) is 1. The van der Waals surface area contributed by atoms with Crippen LogP contribution in [0.25, 0.3) is 5.76 Å². The fourth-order valence-corrected chi connectivity index (χ4v) is 4.36. The number of hydrogen-bond acceptors (Lipinski definition) is 7. The molecule has 1 unspecified atom stereocenters. The number of nitrogens with zero attached hydrogens (tertiary/aromatic N) is 2. The Morgan fingerprint density at radius 2 is 1.82 bits per heavy atom. The van der Waals surface area contributed by atoms with Crippen molar-refractivity contribution in [2.45, 2.75) is 33.2 Å². The lowest BCUT2D eigenvalue weighted by molar-refractivity contribution is -0.140. The quantitative estimate of drug-likeness (QED) is 0.371. The summed E-state index contributed by atoms with van der Waals surface area (Å²) in [6, 6.07) is 7.72. The van der Waals surface area contributed by atoms with Crippen molar-refractivity contribution >= 4 is 17.4 Å². The van der Waals surface area contributed by atoms with Crippen LogP contribution in [0.1, 0.15) is 43.4 Å². The summed E-state index contributed by atoms with van der Waals surface area (Å²) in [7, 11) is 0. The fourth-order valence-electron chi connectivity index (χ4n) is 4.36. The summed E-state index contributed by atoms with van der Waals surface area (Å²) in [5.41, 5.74) is 0.405.